The van der Waals surface area contributed by atoms with E-state index in [1.54, 1.807) is 0 Å². The maximum atomic E-state index is 11.5. The number of ether oxygens (including phenoxy) is 1. The van der Waals surface area contributed by atoms with Gasteiger partial charge in [-0.25, -0.2) is 0 Å². The van der Waals surface area contributed by atoms with Gasteiger partial charge in [-0.05, 0) is 19.3 Å². The minimum Gasteiger partial charge on any atom is -0.481 e. The Morgan fingerprint density at radius 1 is 1.35 bits per heavy atom. The fourth-order valence-corrected chi connectivity index (χ4v) is 2.12. The Labute approximate surface area is 102 Å². The van der Waals surface area contributed by atoms with Gasteiger partial charge in [-0.15, -0.1) is 0 Å². The van der Waals surface area contributed by atoms with Crippen molar-refractivity contribution in [3.05, 3.63) is 0 Å². The van der Waals surface area contributed by atoms with E-state index in [4.69, 9.17) is 9.84 Å². The average Bonchev–Trinajstić information content (AvgIpc) is 2.72. The summed E-state index contributed by atoms with van der Waals surface area (Å²) in [5, 5.41) is 11.8. The lowest BCUT2D eigenvalue weighted by atomic mass is 10.0. The number of aliphatic carboxylic acids is 1. The second-order valence-corrected chi connectivity index (χ2v) is 4.41. The van der Waals surface area contributed by atoms with Crippen molar-refractivity contribution < 1.29 is 19.4 Å². The Kier molecular flexibility index (Phi) is 5.97. The smallest absolute Gasteiger partial charge is 0.308 e. The van der Waals surface area contributed by atoms with Crippen molar-refractivity contribution in [2.24, 2.45) is 5.92 Å². The SMILES string of the molecule is CCCOCCC(=O)NC1CCCC1C(=O)O. The second-order valence-electron chi connectivity index (χ2n) is 4.41. The monoisotopic (exact) mass is 243 g/mol. The van der Waals surface area contributed by atoms with Gasteiger partial charge in [0.05, 0.1) is 12.5 Å². The maximum absolute atomic E-state index is 11.5. The Bertz CT molecular complexity index is 267. The van der Waals surface area contributed by atoms with E-state index in [1.165, 1.54) is 0 Å². The minimum atomic E-state index is -0.810. The average molecular weight is 243 g/mol. The molecule has 1 saturated carbocycles. The van der Waals surface area contributed by atoms with E-state index in [-0.39, 0.29) is 11.9 Å². The van der Waals surface area contributed by atoms with Crippen LogP contribution >= 0.6 is 0 Å². The van der Waals surface area contributed by atoms with Gasteiger partial charge in [0.15, 0.2) is 0 Å². The molecule has 0 aromatic heterocycles. The van der Waals surface area contributed by atoms with Gasteiger partial charge in [-0.3, -0.25) is 9.59 Å². The number of carbonyl (C=O) groups excluding carboxylic acids is 1. The van der Waals surface area contributed by atoms with Gasteiger partial charge in [0.25, 0.3) is 0 Å². The van der Waals surface area contributed by atoms with Gasteiger partial charge in [0.1, 0.15) is 0 Å². The van der Waals surface area contributed by atoms with Crippen molar-refractivity contribution in [3.63, 3.8) is 0 Å². The second kappa shape index (κ2) is 7.27. The van der Waals surface area contributed by atoms with E-state index in [0.717, 1.165) is 19.3 Å². The third-order valence-electron chi connectivity index (χ3n) is 3.00. The van der Waals surface area contributed by atoms with E-state index in [0.29, 0.717) is 26.1 Å². The van der Waals surface area contributed by atoms with Crippen LogP contribution in [0.4, 0.5) is 0 Å². The van der Waals surface area contributed by atoms with Crippen LogP contribution in [0.1, 0.15) is 39.0 Å². The van der Waals surface area contributed by atoms with Gasteiger partial charge in [-0.1, -0.05) is 13.3 Å². The summed E-state index contributed by atoms with van der Waals surface area (Å²) >= 11 is 0. The first-order valence-electron chi connectivity index (χ1n) is 6.25. The number of nitrogens with one attached hydrogen (secondary N) is 1. The van der Waals surface area contributed by atoms with Gasteiger partial charge in [-0.2, -0.15) is 0 Å². The maximum Gasteiger partial charge on any atom is 0.308 e. The topological polar surface area (TPSA) is 75.6 Å². The molecule has 0 aromatic rings. The number of carboxylic acid groups (broad SMARTS) is 1. The number of carboxylic acids is 1. The van der Waals surface area contributed by atoms with Crippen LogP contribution in [0.5, 0.6) is 0 Å². The molecule has 0 saturated heterocycles. The number of rotatable bonds is 7. The van der Waals surface area contributed by atoms with E-state index >= 15 is 0 Å². The van der Waals surface area contributed by atoms with Gasteiger partial charge < -0.3 is 15.2 Å². The van der Waals surface area contributed by atoms with E-state index in [1.807, 2.05) is 6.92 Å². The molecule has 1 fully saturated rings. The van der Waals surface area contributed by atoms with Crippen LogP contribution in [-0.4, -0.2) is 36.2 Å². The highest BCUT2D eigenvalue weighted by atomic mass is 16.5. The Morgan fingerprint density at radius 3 is 2.76 bits per heavy atom. The molecule has 98 valence electrons. The highest BCUT2D eigenvalue weighted by Crippen LogP contribution is 2.25. The molecular formula is C12H21NO4. The van der Waals surface area contributed by atoms with Crippen LogP contribution in [0.15, 0.2) is 0 Å². The molecule has 0 heterocycles. The number of amides is 1. The normalized spacial score (nSPS) is 23.6. The summed E-state index contributed by atoms with van der Waals surface area (Å²) < 4.78 is 5.22. The van der Waals surface area contributed by atoms with Crippen LogP contribution in [-0.2, 0) is 14.3 Å². The summed E-state index contributed by atoms with van der Waals surface area (Å²) in [5.41, 5.74) is 0. The summed E-state index contributed by atoms with van der Waals surface area (Å²) in [6.45, 7) is 3.08. The van der Waals surface area contributed by atoms with Crippen LogP contribution in [0.25, 0.3) is 0 Å². The van der Waals surface area contributed by atoms with Crippen molar-refractivity contribution in [2.45, 2.75) is 45.1 Å². The summed E-state index contributed by atoms with van der Waals surface area (Å²) in [6, 6.07) is -0.203. The van der Waals surface area contributed by atoms with E-state index in [9.17, 15) is 9.59 Å². The fourth-order valence-electron chi connectivity index (χ4n) is 2.12. The zero-order valence-corrected chi connectivity index (χ0v) is 10.3. The van der Waals surface area contributed by atoms with Crippen LogP contribution in [0, 0.1) is 5.92 Å². The molecule has 1 aliphatic rings. The number of hydrogen-bond donors (Lipinski definition) is 2. The largest absolute Gasteiger partial charge is 0.481 e. The predicted molar refractivity (Wildman–Crippen MR) is 62.6 cm³/mol. The quantitative estimate of drug-likeness (QED) is 0.658. The van der Waals surface area contributed by atoms with Gasteiger partial charge in [0.2, 0.25) is 5.91 Å². The first kappa shape index (κ1) is 14.0. The molecule has 5 nitrogen and oxygen atoms in total. The highest BCUT2D eigenvalue weighted by Gasteiger charge is 2.33. The zero-order chi connectivity index (χ0) is 12.7. The Balaban J connectivity index is 2.23. The zero-order valence-electron chi connectivity index (χ0n) is 10.3. The van der Waals surface area contributed by atoms with Crippen molar-refractivity contribution in [1.29, 1.82) is 0 Å². The Morgan fingerprint density at radius 2 is 2.12 bits per heavy atom. The van der Waals surface area contributed by atoms with Crippen LogP contribution in [0.3, 0.4) is 0 Å². The first-order valence-corrected chi connectivity index (χ1v) is 6.25. The third-order valence-corrected chi connectivity index (χ3v) is 3.00. The lowest BCUT2D eigenvalue weighted by Gasteiger charge is -2.17. The molecule has 1 amide bonds. The van der Waals surface area contributed by atoms with E-state index in [2.05, 4.69) is 5.32 Å². The molecule has 1 aliphatic carbocycles. The molecule has 17 heavy (non-hydrogen) atoms. The molecule has 2 N–H and O–H groups in total. The lowest BCUT2D eigenvalue weighted by Crippen LogP contribution is -2.40. The molecule has 0 bridgehead atoms. The summed E-state index contributed by atoms with van der Waals surface area (Å²) in [4.78, 5) is 22.5. The molecule has 0 radical (unpaired) electrons. The number of hydrogen-bond acceptors (Lipinski definition) is 3. The highest BCUT2D eigenvalue weighted by molar-refractivity contribution is 5.78. The molecule has 0 aliphatic heterocycles. The fraction of sp³-hybridized carbons (Fsp3) is 0.833. The van der Waals surface area contributed by atoms with E-state index < -0.39 is 11.9 Å². The first-order chi connectivity index (χ1) is 8.15. The molecule has 0 spiro atoms. The molecular weight excluding hydrogens is 222 g/mol. The summed E-state index contributed by atoms with van der Waals surface area (Å²) in [5.74, 6) is -1.34. The number of carbonyl (C=O) groups is 2. The molecule has 0 aromatic carbocycles. The van der Waals surface area contributed by atoms with Crippen LogP contribution < -0.4 is 5.32 Å². The van der Waals surface area contributed by atoms with Crippen molar-refractivity contribution in [2.75, 3.05) is 13.2 Å². The molecule has 5 heteroatoms. The van der Waals surface area contributed by atoms with Crippen LogP contribution in [0.2, 0.25) is 0 Å². The molecule has 2 unspecified atom stereocenters. The molecule has 2 atom stereocenters. The van der Waals surface area contributed by atoms with Gasteiger partial charge in [0, 0.05) is 19.1 Å². The lowest BCUT2D eigenvalue weighted by molar-refractivity contribution is -0.142. The van der Waals surface area contributed by atoms with Crippen molar-refractivity contribution in [3.8, 4) is 0 Å². The molecule has 1 rings (SSSR count). The standard InChI is InChI=1S/C12H21NO4/c1-2-7-17-8-6-11(14)13-10-5-3-4-9(10)12(15)16/h9-10H,2-8H2,1H3,(H,13,14)(H,15,16). The van der Waals surface area contributed by atoms with Crippen molar-refractivity contribution in [1.82, 2.24) is 5.32 Å². The minimum absolute atomic E-state index is 0.112. The summed E-state index contributed by atoms with van der Waals surface area (Å²) in [6.07, 6.45) is 3.54. The predicted octanol–water partition coefficient (Wildman–Crippen LogP) is 1.17. The Hall–Kier alpha value is -1.10. The summed E-state index contributed by atoms with van der Waals surface area (Å²) in [7, 11) is 0. The van der Waals surface area contributed by atoms with Gasteiger partial charge >= 0.3 is 5.97 Å². The van der Waals surface area contributed by atoms with Crippen molar-refractivity contribution >= 4 is 11.9 Å². The third kappa shape index (κ3) is 4.73.